The summed E-state index contributed by atoms with van der Waals surface area (Å²) < 4.78 is 22.8. The van der Waals surface area contributed by atoms with Crippen LogP contribution in [-0.2, 0) is 10.8 Å². The molecule has 0 saturated heterocycles. The SMILES string of the molecule is CNC(CS(=O)CC(C)C)c1cc(OC)ccc1OC. The number of methoxy groups -OCH3 is 2. The smallest absolute Gasteiger partial charge is 0.123 e. The van der Waals surface area contributed by atoms with Crippen molar-refractivity contribution in [2.45, 2.75) is 19.9 Å². The second-order valence-electron chi connectivity index (χ2n) is 5.12. The fourth-order valence-electron chi connectivity index (χ4n) is 2.07. The molecule has 0 aliphatic carbocycles. The number of ether oxygens (including phenoxy) is 2. The normalized spacial score (nSPS) is 14.1. The fraction of sp³-hybridized carbons (Fsp3) is 0.600. The lowest BCUT2D eigenvalue weighted by atomic mass is 10.1. The zero-order chi connectivity index (χ0) is 15.1. The maximum atomic E-state index is 12.1. The van der Waals surface area contributed by atoms with E-state index in [0.717, 1.165) is 17.1 Å². The minimum absolute atomic E-state index is 0.0142. The van der Waals surface area contributed by atoms with E-state index < -0.39 is 10.8 Å². The quantitative estimate of drug-likeness (QED) is 0.800. The summed E-state index contributed by atoms with van der Waals surface area (Å²) in [6.45, 7) is 4.16. The Kier molecular flexibility index (Phi) is 7.02. The van der Waals surface area contributed by atoms with Crippen LogP contribution in [0.15, 0.2) is 18.2 Å². The van der Waals surface area contributed by atoms with E-state index in [9.17, 15) is 4.21 Å². The van der Waals surface area contributed by atoms with Gasteiger partial charge >= 0.3 is 0 Å². The van der Waals surface area contributed by atoms with Crippen molar-refractivity contribution in [3.63, 3.8) is 0 Å². The highest BCUT2D eigenvalue weighted by atomic mass is 32.2. The standard InChI is InChI=1S/C15H25NO3S/c1-11(2)9-20(17)10-14(16-3)13-8-12(18-4)6-7-15(13)19-5/h6-8,11,14,16H,9-10H2,1-5H3. The first-order valence-corrected chi connectivity index (χ1v) is 8.24. The van der Waals surface area contributed by atoms with Crippen LogP contribution in [0.2, 0.25) is 0 Å². The predicted octanol–water partition coefficient (Wildman–Crippen LogP) is 2.37. The first-order chi connectivity index (χ1) is 9.51. The molecule has 0 radical (unpaired) electrons. The Balaban J connectivity index is 2.95. The number of hydrogen-bond donors (Lipinski definition) is 1. The van der Waals surface area contributed by atoms with E-state index >= 15 is 0 Å². The molecule has 2 atom stereocenters. The molecule has 0 bridgehead atoms. The lowest BCUT2D eigenvalue weighted by Crippen LogP contribution is -2.25. The monoisotopic (exact) mass is 299 g/mol. The van der Waals surface area contributed by atoms with Crippen LogP contribution in [0.3, 0.4) is 0 Å². The number of hydrogen-bond acceptors (Lipinski definition) is 4. The summed E-state index contributed by atoms with van der Waals surface area (Å²) in [5, 5.41) is 3.22. The summed E-state index contributed by atoms with van der Waals surface area (Å²) in [4.78, 5) is 0. The van der Waals surface area contributed by atoms with E-state index in [1.54, 1.807) is 14.2 Å². The van der Waals surface area contributed by atoms with Gasteiger partial charge in [-0.1, -0.05) is 13.8 Å². The lowest BCUT2D eigenvalue weighted by molar-refractivity contribution is 0.394. The maximum absolute atomic E-state index is 12.1. The van der Waals surface area contributed by atoms with Gasteiger partial charge in [0.15, 0.2) is 0 Å². The summed E-state index contributed by atoms with van der Waals surface area (Å²) in [6, 6.07) is 5.66. The number of rotatable bonds is 8. The largest absolute Gasteiger partial charge is 0.497 e. The van der Waals surface area contributed by atoms with E-state index in [-0.39, 0.29) is 6.04 Å². The molecule has 5 heteroatoms. The zero-order valence-electron chi connectivity index (χ0n) is 12.9. The molecule has 1 N–H and O–H groups in total. The third-order valence-electron chi connectivity index (χ3n) is 3.03. The second kappa shape index (κ2) is 8.27. The van der Waals surface area contributed by atoms with Crippen molar-refractivity contribution in [1.82, 2.24) is 5.32 Å². The second-order valence-corrected chi connectivity index (χ2v) is 6.66. The highest BCUT2D eigenvalue weighted by molar-refractivity contribution is 7.85. The van der Waals surface area contributed by atoms with Crippen LogP contribution in [0.25, 0.3) is 0 Å². The average molecular weight is 299 g/mol. The van der Waals surface area contributed by atoms with Gasteiger partial charge in [-0.25, -0.2) is 0 Å². The number of benzene rings is 1. The molecule has 1 aromatic carbocycles. The minimum Gasteiger partial charge on any atom is -0.497 e. The Morgan fingerprint density at radius 3 is 2.40 bits per heavy atom. The van der Waals surface area contributed by atoms with E-state index in [4.69, 9.17) is 9.47 Å². The third-order valence-corrected chi connectivity index (χ3v) is 4.78. The molecule has 1 rings (SSSR count). The molecule has 4 nitrogen and oxygen atoms in total. The molecular weight excluding hydrogens is 274 g/mol. The molecule has 0 saturated carbocycles. The molecule has 114 valence electrons. The van der Waals surface area contributed by atoms with Gasteiger partial charge in [0, 0.05) is 33.9 Å². The molecule has 20 heavy (non-hydrogen) atoms. The van der Waals surface area contributed by atoms with Crippen molar-refractivity contribution in [3.8, 4) is 11.5 Å². The van der Waals surface area contributed by atoms with Crippen molar-refractivity contribution < 1.29 is 13.7 Å². The first kappa shape index (κ1) is 17.0. The van der Waals surface area contributed by atoms with Crippen LogP contribution in [-0.4, -0.2) is 37.0 Å². The highest BCUT2D eigenvalue weighted by Crippen LogP contribution is 2.29. The van der Waals surface area contributed by atoms with Crippen molar-refractivity contribution in [1.29, 1.82) is 0 Å². The van der Waals surface area contributed by atoms with Crippen LogP contribution in [0.5, 0.6) is 11.5 Å². The first-order valence-electron chi connectivity index (χ1n) is 6.76. The summed E-state index contributed by atoms with van der Waals surface area (Å²) in [6.07, 6.45) is 0. The van der Waals surface area contributed by atoms with Crippen LogP contribution in [0.1, 0.15) is 25.5 Å². The molecular formula is C15H25NO3S. The molecule has 0 aliphatic heterocycles. The van der Waals surface area contributed by atoms with E-state index in [0.29, 0.717) is 17.4 Å². The number of nitrogens with one attached hydrogen (secondary N) is 1. The van der Waals surface area contributed by atoms with Crippen molar-refractivity contribution in [2.75, 3.05) is 32.8 Å². The highest BCUT2D eigenvalue weighted by Gasteiger charge is 2.18. The summed E-state index contributed by atoms with van der Waals surface area (Å²) in [7, 11) is 4.29. The van der Waals surface area contributed by atoms with Crippen LogP contribution in [0.4, 0.5) is 0 Å². The predicted molar refractivity (Wildman–Crippen MR) is 84.1 cm³/mol. The van der Waals surface area contributed by atoms with E-state index in [1.807, 2.05) is 25.2 Å². The van der Waals surface area contributed by atoms with Crippen LogP contribution < -0.4 is 14.8 Å². The van der Waals surface area contributed by atoms with Gasteiger partial charge in [0.2, 0.25) is 0 Å². The Morgan fingerprint density at radius 1 is 1.20 bits per heavy atom. The Bertz CT molecular complexity index is 449. The topological polar surface area (TPSA) is 47.6 Å². The van der Waals surface area contributed by atoms with Crippen LogP contribution in [0, 0.1) is 5.92 Å². The van der Waals surface area contributed by atoms with E-state index in [1.165, 1.54) is 0 Å². The zero-order valence-corrected chi connectivity index (χ0v) is 13.8. The maximum Gasteiger partial charge on any atom is 0.123 e. The Hall–Kier alpha value is -1.07. The molecule has 1 aromatic rings. The van der Waals surface area contributed by atoms with Gasteiger partial charge in [-0.15, -0.1) is 0 Å². The van der Waals surface area contributed by atoms with Crippen molar-refractivity contribution >= 4 is 10.8 Å². The van der Waals surface area contributed by atoms with Crippen LogP contribution >= 0.6 is 0 Å². The molecule has 0 fully saturated rings. The van der Waals surface area contributed by atoms with Gasteiger partial charge in [0.1, 0.15) is 11.5 Å². The van der Waals surface area contributed by atoms with Gasteiger partial charge < -0.3 is 14.8 Å². The van der Waals surface area contributed by atoms with Gasteiger partial charge in [0.05, 0.1) is 14.2 Å². The van der Waals surface area contributed by atoms with Crippen molar-refractivity contribution in [3.05, 3.63) is 23.8 Å². The molecule has 2 unspecified atom stereocenters. The summed E-state index contributed by atoms with van der Waals surface area (Å²) in [5.74, 6) is 3.27. The third kappa shape index (κ3) is 4.80. The average Bonchev–Trinajstić information content (AvgIpc) is 2.43. The summed E-state index contributed by atoms with van der Waals surface area (Å²) >= 11 is 0. The fourth-order valence-corrected chi connectivity index (χ4v) is 3.66. The molecule has 0 spiro atoms. The van der Waals surface area contributed by atoms with Gasteiger partial charge in [0.25, 0.3) is 0 Å². The van der Waals surface area contributed by atoms with Gasteiger partial charge in [-0.3, -0.25) is 4.21 Å². The molecule has 0 aliphatic rings. The molecule has 0 heterocycles. The minimum atomic E-state index is -0.858. The van der Waals surface area contributed by atoms with Gasteiger partial charge in [-0.05, 0) is 31.2 Å². The van der Waals surface area contributed by atoms with E-state index in [2.05, 4.69) is 19.2 Å². The van der Waals surface area contributed by atoms with Gasteiger partial charge in [-0.2, -0.15) is 0 Å². The molecule has 0 aromatic heterocycles. The molecule has 0 amide bonds. The summed E-state index contributed by atoms with van der Waals surface area (Å²) in [5.41, 5.74) is 0.978. The van der Waals surface area contributed by atoms with Crippen molar-refractivity contribution in [2.24, 2.45) is 5.92 Å². The Morgan fingerprint density at radius 2 is 1.90 bits per heavy atom. The lowest BCUT2D eigenvalue weighted by Gasteiger charge is -2.20. The Labute approximate surface area is 124 Å².